The molecule has 0 aromatic carbocycles. The molecule has 0 aromatic rings. The van der Waals surface area contributed by atoms with E-state index in [1.165, 1.54) is 11.1 Å². The first-order valence-electron chi connectivity index (χ1n) is 5.44. The SMILES string of the molecule is C=C(C)C.C=C(C)C.CC.CC(C)C. The van der Waals surface area contributed by atoms with E-state index in [4.69, 9.17) is 0 Å². The number of hydrogen-bond donors (Lipinski definition) is 0. The molecular formula is C14H32. The summed E-state index contributed by atoms with van der Waals surface area (Å²) in [5.41, 5.74) is 2.33. The molecule has 0 aliphatic rings. The third kappa shape index (κ3) is 4660. The van der Waals surface area contributed by atoms with Gasteiger partial charge in [0.05, 0.1) is 0 Å². The van der Waals surface area contributed by atoms with Crippen molar-refractivity contribution in [1.82, 2.24) is 0 Å². The normalized spacial score (nSPS) is 6.71. The van der Waals surface area contributed by atoms with Gasteiger partial charge in [0.2, 0.25) is 0 Å². The number of rotatable bonds is 0. The van der Waals surface area contributed by atoms with Crippen LogP contribution in [-0.2, 0) is 0 Å². The van der Waals surface area contributed by atoms with Gasteiger partial charge in [0.1, 0.15) is 0 Å². The molecule has 0 bridgehead atoms. The van der Waals surface area contributed by atoms with Crippen molar-refractivity contribution in [3.05, 3.63) is 24.3 Å². The van der Waals surface area contributed by atoms with Gasteiger partial charge in [-0.2, -0.15) is 0 Å². The Morgan fingerprint density at radius 1 is 0.714 bits per heavy atom. The Bertz CT molecular complexity index is 84.5. The zero-order chi connectivity index (χ0) is 12.7. The molecule has 0 atom stereocenters. The van der Waals surface area contributed by atoms with Crippen molar-refractivity contribution in [2.24, 2.45) is 5.92 Å². The van der Waals surface area contributed by atoms with Gasteiger partial charge in [-0.3, -0.25) is 0 Å². The number of allylic oxidation sites excluding steroid dienone is 2. The monoisotopic (exact) mass is 200 g/mol. The molecule has 0 aromatic heterocycles. The Hall–Kier alpha value is -0.520. The zero-order valence-corrected chi connectivity index (χ0v) is 12.0. The molecule has 0 fully saturated rings. The Kier molecular flexibility index (Phi) is 38.2. The minimum Gasteiger partial charge on any atom is -0.100 e. The van der Waals surface area contributed by atoms with E-state index in [0.717, 1.165) is 5.92 Å². The van der Waals surface area contributed by atoms with Crippen molar-refractivity contribution in [1.29, 1.82) is 0 Å². The molecule has 0 amide bonds. The van der Waals surface area contributed by atoms with Gasteiger partial charge in [-0.05, 0) is 33.6 Å². The van der Waals surface area contributed by atoms with Crippen LogP contribution in [0.4, 0.5) is 0 Å². The maximum absolute atomic E-state index is 3.56. The predicted molar refractivity (Wildman–Crippen MR) is 72.8 cm³/mol. The Balaban J connectivity index is -0.0000000492. The van der Waals surface area contributed by atoms with Crippen LogP contribution in [-0.4, -0.2) is 0 Å². The molecule has 14 heavy (non-hydrogen) atoms. The summed E-state index contributed by atoms with van der Waals surface area (Å²) in [5.74, 6) is 0.833. The number of hydrogen-bond acceptors (Lipinski definition) is 0. The van der Waals surface area contributed by atoms with Gasteiger partial charge < -0.3 is 0 Å². The molecule has 88 valence electrons. The summed E-state index contributed by atoms with van der Waals surface area (Å²) in [5, 5.41) is 0. The van der Waals surface area contributed by atoms with E-state index >= 15 is 0 Å². The van der Waals surface area contributed by atoms with Crippen LogP contribution in [0.15, 0.2) is 24.3 Å². The topological polar surface area (TPSA) is 0 Å². The van der Waals surface area contributed by atoms with E-state index < -0.39 is 0 Å². The van der Waals surface area contributed by atoms with Crippen LogP contribution >= 0.6 is 0 Å². The van der Waals surface area contributed by atoms with E-state index in [-0.39, 0.29) is 0 Å². The van der Waals surface area contributed by atoms with Crippen LogP contribution in [0.5, 0.6) is 0 Å². The third-order valence-electron chi connectivity index (χ3n) is 0. The summed E-state index contributed by atoms with van der Waals surface area (Å²) in [6.45, 7) is 25.5. The summed E-state index contributed by atoms with van der Waals surface area (Å²) in [7, 11) is 0. The minimum absolute atomic E-state index is 0.833. The van der Waals surface area contributed by atoms with Crippen LogP contribution in [0, 0.1) is 5.92 Å². The van der Waals surface area contributed by atoms with Gasteiger partial charge in [-0.15, -0.1) is 13.2 Å². The molecule has 0 aliphatic carbocycles. The van der Waals surface area contributed by atoms with Gasteiger partial charge in [0, 0.05) is 0 Å². The fraction of sp³-hybridized carbons (Fsp3) is 0.714. The molecule has 0 aliphatic heterocycles. The van der Waals surface area contributed by atoms with E-state index in [9.17, 15) is 0 Å². The molecule has 0 saturated heterocycles. The van der Waals surface area contributed by atoms with Crippen LogP contribution in [0.25, 0.3) is 0 Å². The first-order chi connectivity index (χ1) is 6.20. The van der Waals surface area contributed by atoms with Crippen molar-refractivity contribution in [3.63, 3.8) is 0 Å². The van der Waals surface area contributed by atoms with Gasteiger partial charge >= 0.3 is 0 Å². The summed E-state index contributed by atoms with van der Waals surface area (Å²) < 4.78 is 0. The standard InChI is InChI=1S/C4H10.2C4H8.C2H6/c3*1-4(2)3;1-2/h4H,1-3H3;2*1H2,2-3H3;1-2H3. The summed E-state index contributed by atoms with van der Waals surface area (Å²) in [6, 6.07) is 0. The van der Waals surface area contributed by atoms with Crippen molar-refractivity contribution >= 4 is 0 Å². The molecule has 0 nitrogen and oxygen atoms in total. The molecule has 0 heterocycles. The predicted octanol–water partition coefficient (Wildman–Crippen LogP) is 5.85. The quantitative estimate of drug-likeness (QED) is 0.430. The van der Waals surface area contributed by atoms with Crippen molar-refractivity contribution < 1.29 is 0 Å². The highest BCUT2D eigenvalue weighted by Gasteiger charge is 1.68. The maximum atomic E-state index is 3.56. The van der Waals surface area contributed by atoms with E-state index in [1.807, 2.05) is 41.5 Å². The van der Waals surface area contributed by atoms with Gasteiger partial charge in [-0.25, -0.2) is 0 Å². The second-order valence-electron chi connectivity index (χ2n) is 4.15. The maximum Gasteiger partial charge on any atom is -0.0445 e. The fourth-order valence-corrected chi connectivity index (χ4v) is 0. The molecule has 0 saturated carbocycles. The lowest BCUT2D eigenvalue weighted by Crippen LogP contribution is -1.66. The Labute approximate surface area is 93.1 Å². The van der Waals surface area contributed by atoms with Gasteiger partial charge in [-0.1, -0.05) is 45.8 Å². The van der Waals surface area contributed by atoms with Crippen LogP contribution in [0.1, 0.15) is 62.3 Å². The van der Waals surface area contributed by atoms with E-state index in [1.54, 1.807) is 0 Å². The van der Waals surface area contributed by atoms with Crippen molar-refractivity contribution in [2.45, 2.75) is 62.3 Å². The first-order valence-corrected chi connectivity index (χ1v) is 5.44. The molecule has 0 heteroatoms. The summed E-state index contributed by atoms with van der Waals surface area (Å²) in [4.78, 5) is 0. The lowest BCUT2D eigenvalue weighted by Gasteiger charge is -1.79. The molecular weight excluding hydrogens is 168 g/mol. The first kappa shape index (κ1) is 23.4. The Morgan fingerprint density at radius 3 is 0.714 bits per heavy atom. The van der Waals surface area contributed by atoms with Crippen molar-refractivity contribution in [2.75, 3.05) is 0 Å². The highest BCUT2D eigenvalue weighted by molar-refractivity contribution is 4.79. The van der Waals surface area contributed by atoms with E-state index in [2.05, 4.69) is 33.9 Å². The smallest absolute Gasteiger partial charge is 0.0445 e. The van der Waals surface area contributed by atoms with Crippen molar-refractivity contribution in [3.8, 4) is 0 Å². The lowest BCUT2D eigenvalue weighted by molar-refractivity contribution is 0.737. The summed E-state index contributed by atoms with van der Waals surface area (Å²) >= 11 is 0. The molecule has 0 rings (SSSR count). The van der Waals surface area contributed by atoms with Crippen LogP contribution in [0.2, 0.25) is 0 Å². The average Bonchev–Trinajstić information content (AvgIpc) is 1.86. The highest BCUT2D eigenvalue weighted by Crippen LogP contribution is 1.81. The zero-order valence-electron chi connectivity index (χ0n) is 12.0. The largest absolute Gasteiger partial charge is 0.100 e. The second-order valence-corrected chi connectivity index (χ2v) is 4.15. The fourth-order valence-electron chi connectivity index (χ4n) is 0. The summed E-state index contributed by atoms with van der Waals surface area (Å²) in [6.07, 6.45) is 0. The van der Waals surface area contributed by atoms with Gasteiger partial charge in [0.15, 0.2) is 0 Å². The van der Waals surface area contributed by atoms with Crippen LogP contribution in [0.3, 0.4) is 0 Å². The molecule has 0 unspecified atom stereocenters. The molecule has 0 radical (unpaired) electrons. The average molecular weight is 200 g/mol. The second kappa shape index (κ2) is 22.9. The molecule has 0 N–H and O–H groups in total. The molecule has 0 spiro atoms. The third-order valence-corrected chi connectivity index (χ3v) is 0. The lowest BCUT2D eigenvalue weighted by atomic mass is 10.3. The Morgan fingerprint density at radius 2 is 0.714 bits per heavy atom. The highest BCUT2D eigenvalue weighted by atomic mass is 13.7. The minimum atomic E-state index is 0.833. The van der Waals surface area contributed by atoms with E-state index in [0.29, 0.717) is 0 Å². The van der Waals surface area contributed by atoms with Gasteiger partial charge in [0.25, 0.3) is 0 Å². The van der Waals surface area contributed by atoms with Crippen LogP contribution < -0.4 is 0 Å².